The van der Waals surface area contributed by atoms with Gasteiger partial charge in [0, 0.05) is 13.0 Å². The number of amides is 8. The number of carbonyl (C=O) groups excluding carboxylic acids is 8. The Bertz CT molecular complexity index is 1590. The van der Waals surface area contributed by atoms with E-state index >= 15 is 0 Å². The maximum atomic E-state index is 13.1. The summed E-state index contributed by atoms with van der Waals surface area (Å²) in [7, 11) is 0. The van der Waals surface area contributed by atoms with Gasteiger partial charge in [0.05, 0.1) is 26.2 Å². The van der Waals surface area contributed by atoms with Crippen molar-refractivity contribution in [3.05, 3.63) is 29.8 Å². The Morgan fingerprint density at radius 1 is 0.750 bits per heavy atom. The molecule has 6 atom stereocenters. The van der Waals surface area contributed by atoms with E-state index in [2.05, 4.69) is 37.2 Å². The number of benzene rings is 1. The summed E-state index contributed by atoms with van der Waals surface area (Å²) in [4.78, 5) is 114. The second-order valence-corrected chi connectivity index (χ2v) is 13.7. The first-order valence-electron chi connectivity index (χ1n) is 18.0. The van der Waals surface area contributed by atoms with E-state index in [-0.39, 0.29) is 31.1 Å². The largest absolute Gasteiger partial charge is 0.508 e. The Hall–Kier alpha value is -5.83. The highest BCUT2D eigenvalue weighted by Crippen LogP contribution is 2.19. The molecule has 1 heterocycles. The van der Waals surface area contributed by atoms with Gasteiger partial charge in [-0.15, -0.1) is 0 Å². The van der Waals surface area contributed by atoms with E-state index in [1.165, 1.54) is 43.0 Å². The Balaban J connectivity index is 1.84. The number of phenols is 1. The Labute approximate surface area is 323 Å². The Morgan fingerprint density at radius 2 is 1.34 bits per heavy atom. The van der Waals surface area contributed by atoms with Crippen molar-refractivity contribution in [2.24, 2.45) is 11.7 Å². The summed E-state index contributed by atoms with van der Waals surface area (Å²) in [6.45, 7) is 4.17. The van der Waals surface area contributed by atoms with Crippen LogP contribution in [-0.2, 0) is 49.6 Å². The highest BCUT2D eigenvalue weighted by molar-refractivity contribution is 5.96. The van der Waals surface area contributed by atoms with E-state index in [0.29, 0.717) is 18.4 Å². The van der Waals surface area contributed by atoms with Crippen LogP contribution in [0.15, 0.2) is 24.3 Å². The zero-order chi connectivity index (χ0) is 42.1. The third-order valence-electron chi connectivity index (χ3n) is 8.52. The standard InChI is InChI=1S/C35H53N9O12/c1-18(2)12-25(35(55)56)43-33(53)26-6-5-11-44(26)34(54)20(4)40-29(49)16-38-27(47)14-37-28(48)15-39-32(52)24(13-21-7-9-22(46)10-8-21)42-30(50)19(3)41-31(51)23(36)17-45/h7-10,18-20,23-26,45-46H,5-6,11-17,36H2,1-4H3,(H,37,48)(H,38,47)(H,39,52)(H,40,49)(H,41,51)(H,42,50)(H,43,53)(H,55,56)/t19-,20-,23-,24-,25-,26-/m0/s1. The first-order valence-corrected chi connectivity index (χ1v) is 18.0. The van der Waals surface area contributed by atoms with Crippen LogP contribution in [0.4, 0.5) is 0 Å². The minimum Gasteiger partial charge on any atom is -0.508 e. The quantitative estimate of drug-likeness (QED) is 0.0562. The fraction of sp³-hybridized carbons (Fsp3) is 0.571. The van der Waals surface area contributed by atoms with Gasteiger partial charge in [0.25, 0.3) is 0 Å². The first-order chi connectivity index (χ1) is 26.3. The average molecular weight is 792 g/mol. The monoisotopic (exact) mass is 791 g/mol. The lowest BCUT2D eigenvalue weighted by Gasteiger charge is -2.28. The molecule has 1 aromatic carbocycles. The minimum absolute atomic E-state index is 0.000812. The predicted octanol–water partition coefficient (Wildman–Crippen LogP) is -4.30. The summed E-state index contributed by atoms with van der Waals surface area (Å²) in [5.74, 6) is -7.08. The van der Waals surface area contributed by atoms with Gasteiger partial charge >= 0.3 is 5.97 Å². The summed E-state index contributed by atoms with van der Waals surface area (Å²) in [6, 6.07) is -1.04. The molecule has 12 N–H and O–H groups in total. The number of aliphatic hydroxyl groups excluding tert-OH is 1. The fourth-order valence-corrected chi connectivity index (χ4v) is 5.48. The number of aromatic hydroxyl groups is 1. The van der Waals surface area contributed by atoms with E-state index < -0.39 is 116 Å². The molecule has 21 nitrogen and oxygen atoms in total. The van der Waals surface area contributed by atoms with Gasteiger partial charge in [0.2, 0.25) is 47.3 Å². The number of rotatable bonds is 21. The van der Waals surface area contributed by atoms with Crippen molar-refractivity contribution in [3.8, 4) is 5.75 Å². The van der Waals surface area contributed by atoms with Crippen molar-refractivity contribution in [1.29, 1.82) is 0 Å². The van der Waals surface area contributed by atoms with Crippen LogP contribution in [0.2, 0.25) is 0 Å². The Morgan fingerprint density at radius 3 is 1.91 bits per heavy atom. The fourth-order valence-electron chi connectivity index (χ4n) is 5.48. The van der Waals surface area contributed by atoms with Crippen molar-refractivity contribution in [1.82, 2.24) is 42.1 Å². The van der Waals surface area contributed by atoms with Gasteiger partial charge in [-0.2, -0.15) is 0 Å². The maximum absolute atomic E-state index is 13.1. The second-order valence-electron chi connectivity index (χ2n) is 13.7. The SMILES string of the molecule is CC(C)C[C@H](NC(=O)[C@@H]1CCCN1C(=O)[C@H](C)NC(=O)CNC(=O)CNC(=O)CNC(=O)[C@H](Cc1ccc(O)cc1)NC(=O)[C@H](C)NC(=O)[C@@H](N)CO)C(=O)O. The zero-order valence-corrected chi connectivity index (χ0v) is 31.8. The van der Waals surface area contributed by atoms with Crippen LogP contribution in [-0.4, -0.2) is 142 Å². The number of hydrogen-bond donors (Lipinski definition) is 11. The molecule has 1 aliphatic rings. The topological polar surface area (TPSA) is 328 Å². The van der Waals surface area contributed by atoms with Crippen molar-refractivity contribution in [3.63, 3.8) is 0 Å². The molecule has 1 aliphatic heterocycles. The van der Waals surface area contributed by atoms with Gasteiger partial charge in [-0.25, -0.2) is 4.79 Å². The molecule has 1 saturated heterocycles. The number of nitrogens with two attached hydrogens (primary N) is 1. The van der Waals surface area contributed by atoms with Gasteiger partial charge in [0.1, 0.15) is 42.0 Å². The number of hydrogen-bond acceptors (Lipinski definition) is 12. The molecule has 21 heteroatoms. The van der Waals surface area contributed by atoms with Gasteiger partial charge in [0.15, 0.2) is 0 Å². The summed E-state index contributed by atoms with van der Waals surface area (Å²) in [5.41, 5.74) is 5.99. The van der Waals surface area contributed by atoms with Crippen LogP contribution in [0.1, 0.15) is 52.5 Å². The summed E-state index contributed by atoms with van der Waals surface area (Å²) in [6.07, 6.45) is 0.943. The molecule has 0 aromatic heterocycles. The minimum atomic E-state index is -1.27. The second kappa shape index (κ2) is 22.5. The van der Waals surface area contributed by atoms with Crippen LogP contribution >= 0.6 is 0 Å². The third-order valence-corrected chi connectivity index (χ3v) is 8.52. The molecule has 2 rings (SSSR count). The lowest BCUT2D eigenvalue weighted by Crippen LogP contribution is -2.56. The molecule has 310 valence electrons. The molecule has 0 aliphatic carbocycles. The van der Waals surface area contributed by atoms with Crippen LogP contribution in [0.25, 0.3) is 0 Å². The number of aliphatic carboxylic acids is 1. The van der Waals surface area contributed by atoms with Crippen molar-refractivity contribution in [2.45, 2.75) is 89.6 Å². The normalized spacial score (nSPS) is 16.3. The lowest BCUT2D eigenvalue weighted by molar-refractivity contribution is -0.145. The van der Waals surface area contributed by atoms with Crippen LogP contribution in [0.5, 0.6) is 5.75 Å². The number of aliphatic hydroxyl groups is 1. The van der Waals surface area contributed by atoms with E-state index in [9.17, 15) is 53.4 Å². The van der Waals surface area contributed by atoms with E-state index in [0.717, 1.165) is 0 Å². The molecule has 0 unspecified atom stereocenters. The number of nitrogens with zero attached hydrogens (tertiary/aromatic N) is 1. The van der Waals surface area contributed by atoms with Crippen molar-refractivity contribution in [2.75, 3.05) is 32.8 Å². The molecule has 0 radical (unpaired) electrons. The molecule has 8 amide bonds. The van der Waals surface area contributed by atoms with Crippen LogP contribution in [0.3, 0.4) is 0 Å². The van der Waals surface area contributed by atoms with Gasteiger partial charge in [-0.05, 0) is 56.7 Å². The van der Waals surface area contributed by atoms with Crippen LogP contribution < -0.4 is 43.0 Å². The number of phenolic OH excluding ortho intramolecular Hbond substituents is 1. The van der Waals surface area contributed by atoms with Gasteiger partial charge in [-0.1, -0.05) is 26.0 Å². The molecule has 0 bridgehead atoms. The predicted molar refractivity (Wildman–Crippen MR) is 197 cm³/mol. The number of nitrogens with one attached hydrogen (secondary N) is 7. The van der Waals surface area contributed by atoms with E-state index in [1.54, 1.807) is 0 Å². The smallest absolute Gasteiger partial charge is 0.326 e. The molecular formula is C35H53N9O12. The molecule has 56 heavy (non-hydrogen) atoms. The molecule has 0 saturated carbocycles. The number of carboxylic acids is 1. The van der Waals surface area contributed by atoms with Gasteiger partial charge in [-0.3, -0.25) is 38.4 Å². The lowest BCUT2D eigenvalue weighted by atomic mass is 10.0. The van der Waals surface area contributed by atoms with Crippen molar-refractivity contribution >= 4 is 53.2 Å². The zero-order valence-electron chi connectivity index (χ0n) is 31.8. The van der Waals surface area contributed by atoms with Gasteiger partial charge < -0.3 is 63.2 Å². The summed E-state index contributed by atoms with van der Waals surface area (Å²) in [5, 5.41) is 44.7. The number of carboxylic acid groups (broad SMARTS) is 1. The highest BCUT2D eigenvalue weighted by atomic mass is 16.4. The van der Waals surface area contributed by atoms with Crippen molar-refractivity contribution < 1.29 is 58.5 Å². The maximum Gasteiger partial charge on any atom is 0.326 e. The number of likely N-dealkylation sites (tertiary alicyclic amines) is 1. The molecule has 1 aromatic rings. The van der Waals surface area contributed by atoms with E-state index in [4.69, 9.17) is 10.8 Å². The number of carbonyl (C=O) groups is 9. The molecule has 1 fully saturated rings. The summed E-state index contributed by atoms with van der Waals surface area (Å²) < 4.78 is 0. The summed E-state index contributed by atoms with van der Waals surface area (Å²) >= 11 is 0. The Kier molecular flexibility index (Phi) is 18.6. The molecular weight excluding hydrogens is 738 g/mol. The van der Waals surface area contributed by atoms with Crippen LogP contribution in [0, 0.1) is 5.92 Å². The highest BCUT2D eigenvalue weighted by Gasteiger charge is 2.38. The first kappa shape index (κ1) is 46.3. The third kappa shape index (κ3) is 15.5. The average Bonchev–Trinajstić information content (AvgIpc) is 3.64. The molecule has 0 spiro atoms. The van der Waals surface area contributed by atoms with E-state index in [1.807, 2.05) is 13.8 Å².